The SMILES string of the molecule is CC1=C(F)CC(C)CC1.CC1=CCC(C)CC1.CC1CCC(C)CC1.Cc1ccc(C)cc1.[HH]. The molecule has 0 bridgehead atoms. The third-order valence-electron chi connectivity index (χ3n) is 7.43. The number of rotatable bonds is 0. The Kier molecular flexibility index (Phi) is 14.6. The van der Waals surface area contributed by atoms with Crippen molar-refractivity contribution in [3.63, 3.8) is 0 Å². The Balaban J connectivity index is 0.000000423. The summed E-state index contributed by atoms with van der Waals surface area (Å²) in [5, 5.41) is 0. The van der Waals surface area contributed by atoms with Crippen LogP contribution < -0.4 is 0 Å². The second-order valence-corrected chi connectivity index (χ2v) is 11.5. The van der Waals surface area contributed by atoms with Gasteiger partial charge in [-0.25, -0.2) is 4.39 Å². The minimum atomic E-state index is 0. The summed E-state index contributed by atoms with van der Waals surface area (Å²) < 4.78 is 12.7. The first-order chi connectivity index (χ1) is 15.6. The Morgan fingerprint density at radius 3 is 1.42 bits per heavy atom. The van der Waals surface area contributed by atoms with Gasteiger partial charge in [0, 0.05) is 7.85 Å². The van der Waals surface area contributed by atoms with Crippen molar-refractivity contribution >= 4 is 0 Å². The molecule has 0 amide bonds. The maximum absolute atomic E-state index is 12.7. The Morgan fingerprint density at radius 1 is 0.636 bits per heavy atom. The van der Waals surface area contributed by atoms with Crippen molar-refractivity contribution in [1.82, 2.24) is 0 Å². The zero-order chi connectivity index (χ0) is 24.8. The summed E-state index contributed by atoms with van der Waals surface area (Å²) in [6.45, 7) is 17.5. The fraction of sp³-hybridized carbons (Fsp3) is 0.688. The van der Waals surface area contributed by atoms with Crippen molar-refractivity contribution in [1.29, 1.82) is 0 Å². The monoisotopic (exact) mass is 458 g/mol. The van der Waals surface area contributed by atoms with Gasteiger partial charge in [0.1, 0.15) is 0 Å². The van der Waals surface area contributed by atoms with Crippen molar-refractivity contribution < 1.29 is 5.82 Å². The van der Waals surface area contributed by atoms with E-state index in [1.54, 1.807) is 5.57 Å². The molecule has 1 aromatic rings. The molecule has 1 heteroatoms. The van der Waals surface area contributed by atoms with E-state index < -0.39 is 0 Å². The van der Waals surface area contributed by atoms with Crippen LogP contribution in [-0.2, 0) is 0 Å². The number of hydrogen-bond donors (Lipinski definition) is 0. The largest absolute Gasteiger partial charge is 0.212 e. The van der Waals surface area contributed by atoms with Gasteiger partial charge < -0.3 is 0 Å². The Morgan fingerprint density at radius 2 is 1.09 bits per heavy atom. The molecule has 3 aliphatic rings. The van der Waals surface area contributed by atoms with E-state index >= 15 is 0 Å². The van der Waals surface area contributed by atoms with E-state index in [1.807, 2.05) is 6.92 Å². The van der Waals surface area contributed by atoms with Crippen LogP contribution >= 0.6 is 0 Å². The fourth-order valence-electron chi connectivity index (χ4n) is 4.34. The standard InChI is InChI=1S/C8H13F.C8H16.C8H14.C8H10.H2/c1-6-3-4-7(2)8(9)5-6;3*1-7-3-5-8(2)6-4-7;/h6H,3-5H2,1-2H3;7-8H,3-6H2,1-2H3;3,8H,4-6H2,1-2H3;3-6H,1-2H3;1H. The van der Waals surface area contributed by atoms with Crippen molar-refractivity contribution in [2.45, 2.75) is 120 Å². The highest BCUT2D eigenvalue weighted by Crippen LogP contribution is 2.29. The number of hydrogen-bond acceptors (Lipinski definition) is 0. The van der Waals surface area contributed by atoms with Crippen molar-refractivity contribution in [3.05, 3.63) is 58.4 Å². The van der Waals surface area contributed by atoms with Crippen LogP contribution in [0.5, 0.6) is 0 Å². The molecule has 0 heterocycles. The lowest BCUT2D eigenvalue weighted by Gasteiger charge is -2.22. The summed E-state index contributed by atoms with van der Waals surface area (Å²) in [4.78, 5) is 0. The van der Waals surface area contributed by atoms with E-state index in [0.29, 0.717) is 12.3 Å². The fourth-order valence-corrected chi connectivity index (χ4v) is 4.34. The zero-order valence-electron chi connectivity index (χ0n) is 23.1. The molecule has 1 fully saturated rings. The second kappa shape index (κ2) is 16.3. The number of allylic oxidation sites excluding steroid dienone is 4. The van der Waals surface area contributed by atoms with Crippen molar-refractivity contribution in [2.24, 2.45) is 23.7 Å². The van der Waals surface area contributed by atoms with Crippen LogP contribution in [0.15, 0.2) is 47.3 Å². The van der Waals surface area contributed by atoms with E-state index in [0.717, 1.165) is 29.7 Å². The molecule has 0 spiro atoms. The Bertz CT molecular complexity index is 676. The molecule has 2 atom stereocenters. The first-order valence-corrected chi connectivity index (χ1v) is 13.6. The van der Waals surface area contributed by atoms with Gasteiger partial charge in [0.2, 0.25) is 0 Å². The third kappa shape index (κ3) is 14.5. The van der Waals surface area contributed by atoms with E-state index in [4.69, 9.17) is 0 Å². The zero-order valence-corrected chi connectivity index (χ0v) is 23.1. The number of benzene rings is 1. The van der Waals surface area contributed by atoms with Gasteiger partial charge in [-0.15, -0.1) is 0 Å². The minimum absolute atomic E-state index is 0. The number of halogens is 1. The first-order valence-electron chi connectivity index (χ1n) is 13.6. The van der Waals surface area contributed by atoms with Gasteiger partial charge >= 0.3 is 0 Å². The van der Waals surface area contributed by atoms with Gasteiger partial charge in [0.05, 0.1) is 5.83 Å². The highest BCUT2D eigenvalue weighted by molar-refractivity contribution is 5.19. The van der Waals surface area contributed by atoms with E-state index in [9.17, 15) is 4.39 Å². The predicted octanol–water partition coefficient (Wildman–Crippen LogP) is 11.2. The van der Waals surface area contributed by atoms with E-state index in [2.05, 4.69) is 78.8 Å². The molecule has 1 saturated carbocycles. The van der Waals surface area contributed by atoms with Gasteiger partial charge in [0.15, 0.2) is 0 Å². The van der Waals surface area contributed by atoms with Gasteiger partial charge in [-0.1, -0.05) is 100 Å². The summed E-state index contributed by atoms with van der Waals surface area (Å²) in [5.41, 5.74) is 5.21. The van der Waals surface area contributed by atoms with Gasteiger partial charge in [-0.05, 0) is 89.0 Å². The van der Waals surface area contributed by atoms with E-state index in [1.165, 1.54) is 62.5 Å². The lowest BCUT2D eigenvalue weighted by Crippen LogP contribution is -2.08. The lowest BCUT2D eigenvalue weighted by atomic mass is 9.84. The highest BCUT2D eigenvalue weighted by atomic mass is 19.1. The molecule has 190 valence electrons. The molecule has 0 nitrogen and oxygen atoms in total. The minimum Gasteiger partial charge on any atom is -0.212 e. The second-order valence-electron chi connectivity index (χ2n) is 11.5. The summed E-state index contributed by atoms with van der Waals surface area (Å²) in [7, 11) is 0. The molecule has 2 unspecified atom stereocenters. The quantitative estimate of drug-likeness (QED) is 0.339. The Labute approximate surface area is 207 Å². The molecule has 0 N–H and O–H groups in total. The smallest absolute Gasteiger partial charge is 0.0991 e. The van der Waals surface area contributed by atoms with Gasteiger partial charge in [-0.3, -0.25) is 0 Å². The molecular weight excluding hydrogens is 403 g/mol. The Hall–Kier alpha value is -1.37. The molecular formula is C32H55F. The van der Waals surface area contributed by atoms with Crippen LogP contribution in [-0.4, -0.2) is 0 Å². The van der Waals surface area contributed by atoms with E-state index in [-0.39, 0.29) is 7.25 Å². The maximum Gasteiger partial charge on any atom is 0.0991 e. The lowest BCUT2D eigenvalue weighted by molar-refractivity contribution is 0.308. The first kappa shape index (κ1) is 29.7. The normalized spacial score (nSPS) is 27.0. The molecule has 0 aliphatic heterocycles. The average Bonchev–Trinajstić information content (AvgIpc) is 2.79. The van der Waals surface area contributed by atoms with Gasteiger partial charge in [-0.2, -0.15) is 0 Å². The van der Waals surface area contributed by atoms with Gasteiger partial charge in [0.25, 0.3) is 0 Å². The highest BCUT2D eigenvalue weighted by Gasteiger charge is 2.14. The molecule has 1 aromatic carbocycles. The molecule has 0 saturated heterocycles. The molecule has 4 rings (SSSR count). The van der Waals surface area contributed by atoms with Crippen molar-refractivity contribution in [2.75, 3.05) is 0 Å². The predicted molar refractivity (Wildman–Crippen MR) is 148 cm³/mol. The molecule has 0 aromatic heterocycles. The molecule has 33 heavy (non-hydrogen) atoms. The topological polar surface area (TPSA) is 0 Å². The van der Waals surface area contributed by atoms with Crippen LogP contribution in [0.4, 0.5) is 4.39 Å². The van der Waals surface area contributed by atoms with Crippen LogP contribution in [0, 0.1) is 37.5 Å². The third-order valence-corrected chi connectivity index (χ3v) is 7.43. The summed E-state index contributed by atoms with van der Waals surface area (Å²) in [6, 6.07) is 8.48. The summed E-state index contributed by atoms with van der Waals surface area (Å²) in [6.07, 6.45) is 15.1. The maximum atomic E-state index is 12.7. The van der Waals surface area contributed by atoms with Crippen LogP contribution in [0.3, 0.4) is 0 Å². The van der Waals surface area contributed by atoms with Crippen LogP contribution in [0.1, 0.15) is 118 Å². The summed E-state index contributed by atoms with van der Waals surface area (Å²) >= 11 is 0. The number of aryl methyl sites for hydroxylation is 2. The van der Waals surface area contributed by atoms with Crippen LogP contribution in [0.2, 0.25) is 0 Å². The van der Waals surface area contributed by atoms with Crippen LogP contribution in [0.25, 0.3) is 0 Å². The van der Waals surface area contributed by atoms with Crippen molar-refractivity contribution in [3.8, 4) is 0 Å². The average molecular weight is 459 g/mol. The summed E-state index contributed by atoms with van der Waals surface area (Å²) in [5.74, 6) is 3.68. The molecule has 0 radical (unpaired) electrons. The molecule has 3 aliphatic carbocycles.